The van der Waals surface area contributed by atoms with Crippen LogP contribution in [0.3, 0.4) is 0 Å². The van der Waals surface area contributed by atoms with Crippen LogP contribution < -0.4 is 0 Å². The topological polar surface area (TPSA) is 29.5 Å². The lowest BCUT2D eigenvalue weighted by atomic mass is 10.1. The fourth-order valence-corrected chi connectivity index (χ4v) is 2.23. The highest BCUT2D eigenvalue weighted by atomic mass is 16.5. The van der Waals surface area contributed by atoms with E-state index in [2.05, 4.69) is 18.2 Å². The highest BCUT2D eigenvalue weighted by Gasteiger charge is 2.31. The van der Waals surface area contributed by atoms with E-state index in [4.69, 9.17) is 4.74 Å². The van der Waals surface area contributed by atoms with E-state index in [0.717, 1.165) is 19.4 Å². The molecule has 2 rings (SSSR count). The normalized spacial score (nSPS) is 28.3. The van der Waals surface area contributed by atoms with Gasteiger partial charge in [0.1, 0.15) is 0 Å². The van der Waals surface area contributed by atoms with E-state index in [9.17, 15) is 4.79 Å². The molecule has 3 heteroatoms. The maximum atomic E-state index is 11.7. The number of carbonyl (C=O) groups is 1. The number of amides is 1. The summed E-state index contributed by atoms with van der Waals surface area (Å²) in [4.78, 5) is 13.7. The molecule has 0 aromatic rings. The Balaban J connectivity index is 2.15. The smallest absolute Gasteiger partial charge is 0.223 e. The highest BCUT2D eigenvalue weighted by molar-refractivity contribution is 5.78. The Hall–Kier alpha value is -1.09. The lowest BCUT2D eigenvalue weighted by Crippen LogP contribution is -2.33. The van der Waals surface area contributed by atoms with Gasteiger partial charge in [-0.2, -0.15) is 0 Å². The van der Waals surface area contributed by atoms with Crippen LogP contribution in [0.15, 0.2) is 23.8 Å². The summed E-state index contributed by atoms with van der Waals surface area (Å²) in [7, 11) is 1.69. The molecule has 1 unspecified atom stereocenters. The summed E-state index contributed by atoms with van der Waals surface area (Å²) in [6, 6.07) is 0.204. The van der Waals surface area contributed by atoms with Crippen molar-refractivity contribution >= 4 is 5.91 Å². The van der Waals surface area contributed by atoms with Crippen molar-refractivity contribution < 1.29 is 9.53 Å². The Morgan fingerprint density at radius 2 is 2.47 bits per heavy atom. The average Bonchev–Trinajstić information content (AvgIpc) is 2.55. The van der Waals surface area contributed by atoms with Crippen molar-refractivity contribution in [1.82, 2.24) is 4.90 Å². The largest absolute Gasteiger partial charge is 0.381 e. The van der Waals surface area contributed by atoms with E-state index in [0.29, 0.717) is 13.0 Å². The molecule has 2 heterocycles. The number of allylic oxidation sites excluding steroid dienone is 1. The van der Waals surface area contributed by atoms with E-state index in [1.54, 1.807) is 7.11 Å². The standard InChI is InChI=1S/C12H17NO2/c1-15-9-7-10-6-8-13-11(10)4-2-3-5-12(13)14/h2,4,7,11H,3,5-6,8-9H2,1H3/b10-7+. The Morgan fingerprint density at radius 3 is 3.27 bits per heavy atom. The van der Waals surface area contributed by atoms with Gasteiger partial charge < -0.3 is 9.64 Å². The minimum absolute atomic E-state index is 0.204. The first-order valence-corrected chi connectivity index (χ1v) is 5.47. The molecule has 0 aromatic carbocycles. The summed E-state index contributed by atoms with van der Waals surface area (Å²) in [6.07, 6.45) is 8.90. The maximum Gasteiger partial charge on any atom is 0.223 e. The first-order chi connectivity index (χ1) is 7.33. The van der Waals surface area contributed by atoms with Crippen LogP contribution in [-0.4, -0.2) is 37.1 Å². The molecule has 1 saturated heterocycles. The van der Waals surface area contributed by atoms with Crippen LogP contribution in [0.5, 0.6) is 0 Å². The minimum atomic E-state index is 0.204. The quantitative estimate of drug-likeness (QED) is 0.642. The summed E-state index contributed by atoms with van der Waals surface area (Å²) < 4.78 is 5.04. The zero-order valence-electron chi connectivity index (χ0n) is 9.11. The molecule has 0 N–H and O–H groups in total. The van der Waals surface area contributed by atoms with Gasteiger partial charge in [0.2, 0.25) is 5.91 Å². The van der Waals surface area contributed by atoms with Gasteiger partial charge in [0.15, 0.2) is 0 Å². The summed E-state index contributed by atoms with van der Waals surface area (Å²) >= 11 is 0. The van der Waals surface area contributed by atoms with E-state index < -0.39 is 0 Å². The Morgan fingerprint density at radius 1 is 1.60 bits per heavy atom. The van der Waals surface area contributed by atoms with Gasteiger partial charge >= 0.3 is 0 Å². The fraction of sp³-hybridized carbons (Fsp3) is 0.583. The SMILES string of the molecule is COC/C=C1\CCN2C(=O)CCC=CC12. The van der Waals surface area contributed by atoms with Gasteiger partial charge in [-0.25, -0.2) is 0 Å². The molecule has 1 amide bonds. The summed E-state index contributed by atoms with van der Waals surface area (Å²) in [5.74, 6) is 0.283. The van der Waals surface area contributed by atoms with Crippen molar-refractivity contribution in [2.75, 3.05) is 20.3 Å². The van der Waals surface area contributed by atoms with Gasteiger partial charge in [-0.05, 0) is 18.4 Å². The van der Waals surface area contributed by atoms with Crippen molar-refractivity contribution in [3.05, 3.63) is 23.8 Å². The lowest BCUT2D eigenvalue weighted by molar-refractivity contribution is -0.130. The predicted octanol–water partition coefficient (Wildman–Crippen LogP) is 1.51. The molecular weight excluding hydrogens is 190 g/mol. The molecule has 82 valence electrons. The van der Waals surface area contributed by atoms with Crippen LogP contribution in [0, 0.1) is 0 Å². The molecule has 1 atom stereocenters. The van der Waals surface area contributed by atoms with Crippen LogP contribution >= 0.6 is 0 Å². The van der Waals surface area contributed by atoms with Crippen LogP contribution in [0.1, 0.15) is 19.3 Å². The second-order valence-electron chi connectivity index (χ2n) is 3.98. The highest BCUT2D eigenvalue weighted by Crippen LogP contribution is 2.27. The number of ether oxygens (including phenoxy) is 1. The monoisotopic (exact) mass is 207 g/mol. The van der Waals surface area contributed by atoms with Gasteiger partial charge in [-0.3, -0.25) is 4.79 Å². The van der Waals surface area contributed by atoms with Crippen LogP contribution in [0.2, 0.25) is 0 Å². The van der Waals surface area contributed by atoms with Crippen molar-refractivity contribution in [3.8, 4) is 0 Å². The molecule has 15 heavy (non-hydrogen) atoms. The van der Waals surface area contributed by atoms with Crippen LogP contribution in [0.25, 0.3) is 0 Å². The van der Waals surface area contributed by atoms with Crippen molar-refractivity contribution in [2.45, 2.75) is 25.3 Å². The van der Waals surface area contributed by atoms with Gasteiger partial charge in [0.25, 0.3) is 0 Å². The van der Waals surface area contributed by atoms with Crippen molar-refractivity contribution in [1.29, 1.82) is 0 Å². The molecule has 3 nitrogen and oxygen atoms in total. The summed E-state index contributed by atoms with van der Waals surface area (Å²) in [6.45, 7) is 1.51. The number of nitrogens with zero attached hydrogens (tertiary/aromatic N) is 1. The molecular formula is C12H17NO2. The van der Waals surface area contributed by atoms with E-state index in [-0.39, 0.29) is 11.9 Å². The van der Waals surface area contributed by atoms with Gasteiger partial charge in [0, 0.05) is 20.1 Å². The first-order valence-electron chi connectivity index (χ1n) is 5.47. The van der Waals surface area contributed by atoms with Crippen LogP contribution in [0.4, 0.5) is 0 Å². The molecule has 2 aliphatic rings. The third-order valence-electron chi connectivity index (χ3n) is 3.03. The molecule has 0 bridgehead atoms. The number of fused-ring (bicyclic) bond motifs is 1. The van der Waals surface area contributed by atoms with Crippen molar-refractivity contribution in [3.63, 3.8) is 0 Å². The molecule has 1 fully saturated rings. The minimum Gasteiger partial charge on any atom is -0.381 e. The Labute approximate surface area is 90.4 Å². The second kappa shape index (κ2) is 4.62. The third-order valence-corrected chi connectivity index (χ3v) is 3.03. The van der Waals surface area contributed by atoms with E-state index >= 15 is 0 Å². The van der Waals surface area contributed by atoms with Crippen LogP contribution in [-0.2, 0) is 9.53 Å². The maximum absolute atomic E-state index is 11.7. The Kier molecular flexibility index (Phi) is 3.21. The lowest BCUT2D eigenvalue weighted by Gasteiger charge is -2.20. The molecule has 0 radical (unpaired) electrons. The number of hydrogen-bond donors (Lipinski definition) is 0. The van der Waals surface area contributed by atoms with E-state index in [1.165, 1.54) is 5.57 Å². The molecule has 0 spiro atoms. The number of methoxy groups -OCH3 is 1. The first kappa shape index (κ1) is 10.4. The fourth-order valence-electron chi connectivity index (χ4n) is 2.23. The molecule has 2 aliphatic heterocycles. The number of hydrogen-bond acceptors (Lipinski definition) is 2. The van der Waals surface area contributed by atoms with E-state index in [1.807, 2.05) is 4.90 Å². The second-order valence-corrected chi connectivity index (χ2v) is 3.98. The summed E-state index contributed by atoms with van der Waals surface area (Å²) in [5, 5.41) is 0. The van der Waals surface area contributed by atoms with Gasteiger partial charge in [-0.15, -0.1) is 0 Å². The number of carbonyl (C=O) groups excluding carboxylic acids is 1. The zero-order valence-corrected chi connectivity index (χ0v) is 9.11. The number of rotatable bonds is 2. The third kappa shape index (κ3) is 2.12. The van der Waals surface area contributed by atoms with Gasteiger partial charge in [-0.1, -0.05) is 18.2 Å². The molecule has 0 aliphatic carbocycles. The summed E-state index contributed by atoms with van der Waals surface area (Å²) in [5.41, 5.74) is 1.32. The Bertz CT molecular complexity index is 307. The van der Waals surface area contributed by atoms with Crippen molar-refractivity contribution in [2.24, 2.45) is 0 Å². The molecule has 0 saturated carbocycles. The average molecular weight is 207 g/mol. The predicted molar refractivity (Wildman–Crippen MR) is 58.5 cm³/mol. The van der Waals surface area contributed by atoms with Gasteiger partial charge in [0.05, 0.1) is 12.6 Å². The molecule has 0 aromatic heterocycles. The zero-order chi connectivity index (χ0) is 10.7.